The van der Waals surface area contributed by atoms with Gasteiger partial charge in [-0.25, -0.2) is 4.79 Å². The van der Waals surface area contributed by atoms with E-state index in [1.54, 1.807) is 0 Å². The Morgan fingerprint density at radius 2 is 1.95 bits per heavy atom. The molecule has 0 bridgehead atoms. The van der Waals surface area contributed by atoms with Gasteiger partial charge in [0.15, 0.2) is 0 Å². The normalized spacial score (nSPS) is 25.7. The van der Waals surface area contributed by atoms with Crippen LogP contribution in [0.4, 0.5) is 4.79 Å². The average Bonchev–Trinajstić information content (AvgIpc) is 2.34. The van der Waals surface area contributed by atoms with Crippen molar-refractivity contribution >= 4 is 6.09 Å². The molecule has 4 N–H and O–H groups in total. The number of rotatable bonds is 4. The van der Waals surface area contributed by atoms with Gasteiger partial charge in [0.1, 0.15) is 5.60 Å². The summed E-state index contributed by atoms with van der Waals surface area (Å²) in [5.41, 5.74) is 5.02. The summed E-state index contributed by atoms with van der Waals surface area (Å²) in [6.07, 6.45) is 3.30. The van der Waals surface area contributed by atoms with Crippen LogP contribution in [0.3, 0.4) is 0 Å². The Morgan fingerprint density at radius 3 is 2.42 bits per heavy atom. The SMILES string of the molecule is CC(C)(C)OC(=O)NCC1CCC(C(O)CN)CC1. The van der Waals surface area contributed by atoms with E-state index in [0.717, 1.165) is 25.7 Å². The highest BCUT2D eigenvalue weighted by Crippen LogP contribution is 2.30. The smallest absolute Gasteiger partial charge is 0.407 e. The van der Waals surface area contributed by atoms with Gasteiger partial charge in [0.25, 0.3) is 0 Å². The second-order valence-corrected chi connectivity index (χ2v) is 6.47. The number of nitrogens with two attached hydrogens (primary N) is 1. The Bertz CT molecular complexity index is 281. The minimum Gasteiger partial charge on any atom is -0.444 e. The van der Waals surface area contributed by atoms with E-state index in [1.807, 2.05) is 20.8 Å². The number of hydrogen-bond acceptors (Lipinski definition) is 4. The van der Waals surface area contributed by atoms with Crippen LogP contribution in [0.15, 0.2) is 0 Å². The first-order valence-electron chi connectivity index (χ1n) is 7.17. The molecule has 1 rings (SSSR count). The van der Waals surface area contributed by atoms with E-state index in [0.29, 0.717) is 24.9 Å². The van der Waals surface area contributed by atoms with Crippen LogP contribution in [0.25, 0.3) is 0 Å². The molecule has 0 radical (unpaired) electrons. The Morgan fingerprint density at radius 1 is 1.37 bits per heavy atom. The largest absolute Gasteiger partial charge is 0.444 e. The molecule has 1 fully saturated rings. The summed E-state index contributed by atoms with van der Waals surface area (Å²) in [6, 6.07) is 0. The zero-order chi connectivity index (χ0) is 14.5. The van der Waals surface area contributed by atoms with Gasteiger partial charge >= 0.3 is 6.09 Å². The second kappa shape index (κ2) is 7.10. The van der Waals surface area contributed by atoms with Gasteiger partial charge in [0.05, 0.1) is 6.10 Å². The summed E-state index contributed by atoms with van der Waals surface area (Å²) in [5, 5.41) is 12.5. The molecule has 1 aliphatic rings. The molecule has 1 atom stereocenters. The van der Waals surface area contributed by atoms with Crippen LogP contribution in [-0.4, -0.2) is 36.0 Å². The maximum Gasteiger partial charge on any atom is 0.407 e. The number of ether oxygens (including phenoxy) is 1. The lowest BCUT2D eigenvalue weighted by Crippen LogP contribution is -2.37. The van der Waals surface area contributed by atoms with E-state index in [2.05, 4.69) is 5.32 Å². The topological polar surface area (TPSA) is 84.6 Å². The quantitative estimate of drug-likeness (QED) is 0.726. The molecule has 112 valence electrons. The van der Waals surface area contributed by atoms with Crippen LogP contribution in [0.1, 0.15) is 46.5 Å². The summed E-state index contributed by atoms with van der Waals surface area (Å²) in [7, 11) is 0. The third-order valence-electron chi connectivity index (χ3n) is 3.61. The van der Waals surface area contributed by atoms with Crippen molar-refractivity contribution in [3.05, 3.63) is 0 Å². The zero-order valence-electron chi connectivity index (χ0n) is 12.3. The number of aliphatic hydroxyl groups excluding tert-OH is 1. The summed E-state index contributed by atoms with van der Waals surface area (Å²) >= 11 is 0. The van der Waals surface area contributed by atoms with E-state index in [-0.39, 0.29) is 12.2 Å². The van der Waals surface area contributed by atoms with Crippen molar-refractivity contribution in [1.29, 1.82) is 0 Å². The van der Waals surface area contributed by atoms with Crippen molar-refractivity contribution < 1.29 is 14.6 Å². The molecule has 0 aromatic heterocycles. The summed E-state index contributed by atoms with van der Waals surface area (Å²) in [4.78, 5) is 11.5. The molecular formula is C14H28N2O3. The molecule has 0 aromatic carbocycles. The lowest BCUT2D eigenvalue weighted by atomic mass is 9.79. The number of hydrogen-bond donors (Lipinski definition) is 3. The van der Waals surface area contributed by atoms with Gasteiger partial charge in [-0.05, 0) is 58.3 Å². The molecular weight excluding hydrogens is 244 g/mol. The fourth-order valence-corrected chi connectivity index (χ4v) is 2.51. The fraction of sp³-hybridized carbons (Fsp3) is 0.929. The number of amides is 1. The molecule has 1 amide bonds. The van der Waals surface area contributed by atoms with Gasteiger partial charge < -0.3 is 20.9 Å². The zero-order valence-corrected chi connectivity index (χ0v) is 12.3. The molecule has 0 saturated heterocycles. The van der Waals surface area contributed by atoms with Crippen molar-refractivity contribution in [1.82, 2.24) is 5.32 Å². The molecule has 5 nitrogen and oxygen atoms in total. The molecule has 0 heterocycles. The minimum atomic E-state index is -0.451. The Labute approximate surface area is 115 Å². The number of carbonyl (C=O) groups is 1. The van der Waals surface area contributed by atoms with Crippen molar-refractivity contribution in [3.63, 3.8) is 0 Å². The van der Waals surface area contributed by atoms with E-state index in [9.17, 15) is 9.90 Å². The highest BCUT2D eigenvalue weighted by atomic mass is 16.6. The fourth-order valence-electron chi connectivity index (χ4n) is 2.51. The summed E-state index contributed by atoms with van der Waals surface area (Å²) in [6.45, 7) is 6.55. The second-order valence-electron chi connectivity index (χ2n) is 6.47. The third kappa shape index (κ3) is 6.25. The van der Waals surface area contributed by atoms with E-state index in [1.165, 1.54) is 0 Å². The van der Waals surface area contributed by atoms with Gasteiger partial charge in [-0.1, -0.05) is 0 Å². The predicted octanol–water partition coefficient (Wildman–Crippen LogP) is 1.64. The molecule has 1 saturated carbocycles. The molecule has 1 unspecified atom stereocenters. The molecule has 19 heavy (non-hydrogen) atoms. The third-order valence-corrected chi connectivity index (χ3v) is 3.61. The molecule has 0 aromatic rings. The van der Waals surface area contributed by atoms with E-state index < -0.39 is 5.60 Å². The lowest BCUT2D eigenvalue weighted by molar-refractivity contribution is 0.0496. The van der Waals surface area contributed by atoms with Gasteiger partial charge in [0.2, 0.25) is 0 Å². The maximum absolute atomic E-state index is 11.5. The van der Waals surface area contributed by atoms with Crippen molar-refractivity contribution in [2.24, 2.45) is 17.6 Å². The first-order valence-corrected chi connectivity index (χ1v) is 7.17. The Hall–Kier alpha value is -0.810. The van der Waals surface area contributed by atoms with Crippen molar-refractivity contribution in [3.8, 4) is 0 Å². The molecule has 5 heteroatoms. The first kappa shape index (κ1) is 16.2. The predicted molar refractivity (Wildman–Crippen MR) is 74.7 cm³/mol. The van der Waals surface area contributed by atoms with Crippen molar-refractivity contribution in [2.75, 3.05) is 13.1 Å². The lowest BCUT2D eigenvalue weighted by Gasteiger charge is -2.31. The monoisotopic (exact) mass is 272 g/mol. The van der Waals surface area contributed by atoms with Gasteiger partial charge in [-0.3, -0.25) is 0 Å². The van der Waals surface area contributed by atoms with E-state index in [4.69, 9.17) is 10.5 Å². The summed E-state index contributed by atoms with van der Waals surface area (Å²) < 4.78 is 5.20. The van der Waals surface area contributed by atoms with Crippen LogP contribution in [-0.2, 0) is 4.74 Å². The van der Waals surface area contributed by atoms with E-state index >= 15 is 0 Å². The first-order chi connectivity index (χ1) is 8.81. The van der Waals surface area contributed by atoms with Crippen LogP contribution in [0, 0.1) is 11.8 Å². The van der Waals surface area contributed by atoms with Crippen LogP contribution >= 0.6 is 0 Å². The van der Waals surface area contributed by atoms with Crippen LogP contribution in [0.5, 0.6) is 0 Å². The number of nitrogens with one attached hydrogen (secondary N) is 1. The van der Waals surface area contributed by atoms with Gasteiger partial charge in [-0.15, -0.1) is 0 Å². The maximum atomic E-state index is 11.5. The average molecular weight is 272 g/mol. The molecule has 1 aliphatic carbocycles. The number of alkyl carbamates (subject to hydrolysis) is 1. The molecule has 0 aliphatic heterocycles. The van der Waals surface area contributed by atoms with Crippen LogP contribution < -0.4 is 11.1 Å². The van der Waals surface area contributed by atoms with Gasteiger partial charge in [0, 0.05) is 13.1 Å². The van der Waals surface area contributed by atoms with Gasteiger partial charge in [-0.2, -0.15) is 0 Å². The highest BCUT2D eigenvalue weighted by molar-refractivity contribution is 5.67. The minimum absolute atomic E-state index is 0.322. The van der Waals surface area contributed by atoms with Crippen LogP contribution in [0.2, 0.25) is 0 Å². The summed E-state index contributed by atoms with van der Waals surface area (Å²) in [5.74, 6) is 0.802. The standard InChI is InChI=1S/C14H28N2O3/c1-14(2,3)19-13(18)16-9-10-4-6-11(7-5-10)12(17)8-15/h10-12,17H,4-9,15H2,1-3H3,(H,16,18). The highest BCUT2D eigenvalue weighted by Gasteiger charge is 2.26. The Balaban J connectivity index is 2.21. The van der Waals surface area contributed by atoms with Crippen molar-refractivity contribution in [2.45, 2.75) is 58.2 Å². The molecule has 0 spiro atoms. The number of carbonyl (C=O) groups excluding carboxylic acids is 1. The number of aliphatic hydroxyl groups is 1. The Kier molecular flexibility index (Phi) is 6.07.